The van der Waals surface area contributed by atoms with Crippen LogP contribution in [-0.4, -0.2) is 46.9 Å². The summed E-state index contributed by atoms with van der Waals surface area (Å²) in [7, 11) is 1.47. The van der Waals surface area contributed by atoms with Crippen molar-refractivity contribution in [3.8, 4) is 5.75 Å². The fraction of sp³-hybridized carbons (Fsp3) is 0.333. The molecule has 1 aliphatic rings. The van der Waals surface area contributed by atoms with Gasteiger partial charge in [-0.15, -0.1) is 0 Å². The Kier molecular flexibility index (Phi) is 5.88. The molecule has 1 unspecified atom stereocenters. The summed E-state index contributed by atoms with van der Waals surface area (Å²) < 4.78 is 39.8. The van der Waals surface area contributed by atoms with E-state index in [1.807, 2.05) is 25.1 Å². The van der Waals surface area contributed by atoms with Gasteiger partial charge in [-0.05, 0) is 50.3 Å². The lowest BCUT2D eigenvalue weighted by molar-refractivity contribution is -0.109. The van der Waals surface area contributed by atoms with Crippen LogP contribution in [0.5, 0.6) is 5.75 Å². The second-order valence-corrected chi connectivity index (χ2v) is 8.99. The number of halogens is 2. The van der Waals surface area contributed by atoms with E-state index in [2.05, 4.69) is 4.72 Å². The first-order valence-electron chi connectivity index (χ1n) is 8.18. The number of fused-ring (bicyclic) bond motifs is 1. The van der Waals surface area contributed by atoms with Crippen LogP contribution in [0.15, 0.2) is 41.3 Å². The molecular weight excluding hydrogens is 411 g/mol. The second kappa shape index (κ2) is 7.85. The van der Waals surface area contributed by atoms with Crippen LogP contribution in [0.4, 0.5) is 5.69 Å². The van der Waals surface area contributed by atoms with Gasteiger partial charge in [0.2, 0.25) is 6.29 Å². The van der Waals surface area contributed by atoms with Gasteiger partial charge in [-0.3, -0.25) is 4.72 Å². The molecule has 2 aromatic rings. The van der Waals surface area contributed by atoms with Crippen molar-refractivity contribution in [1.29, 1.82) is 0 Å². The van der Waals surface area contributed by atoms with E-state index in [-0.39, 0.29) is 16.6 Å². The van der Waals surface area contributed by atoms with E-state index < -0.39 is 16.3 Å². The fourth-order valence-corrected chi connectivity index (χ4v) is 4.78. The summed E-state index contributed by atoms with van der Waals surface area (Å²) in [5.74, 6) is 0.295. The predicted octanol–water partition coefficient (Wildman–Crippen LogP) is 3.63. The first-order chi connectivity index (χ1) is 12.7. The van der Waals surface area contributed by atoms with E-state index in [4.69, 9.17) is 32.7 Å². The Morgan fingerprint density at radius 1 is 1.19 bits per heavy atom. The number of benzene rings is 2. The Hall–Kier alpha value is -1.51. The maximum absolute atomic E-state index is 13.0. The monoisotopic (exact) mass is 430 g/mol. The fourth-order valence-electron chi connectivity index (χ4n) is 3.04. The highest BCUT2D eigenvalue weighted by molar-refractivity contribution is 7.92. The maximum atomic E-state index is 13.0. The first kappa shape index (κ1) is 20.2. The van der Waals surface area contributed by atoms with Gasteiger partial charge in [0.1, 0.15) is 10.6 Å². The second-order valence-electron chi connectivity index (χ2n) is 6.47. The molecule has 6 nitrogen and oxygen atoms in total. The Labute approximate surface area is 169 Å². The van der Waals surface area contributed by atoms with Crippen molar-refractivity contribution in [1.82, 2.24) is 4.90 Å². The molecule has 0 aliphatic carbocycles. The van der Waals surface area contributed by atoms with Gasteiger partial charge in [0.05, 0.1) is 11.7 Å². The highest BCUT2D eigenvalue weighted by Gasteiger charge is 2.35. The van der Waals surface area contributed by atoms with Gasteiger partial charge in [-0.1, -0.05) is 35.3 Å². The SMILES string of the molecule is COC1Oc2c(cccc2S(=O)(=O)Nc2cc(Cl)cc(Cl)c2)C[C@H]1N(C)C. The topological polar surface area (TPSA) is 67.9 Å². The van der Waals surface area contributed by atoms with Crippen LogP contribution in [-0.2, 0) is 21.2 Å². The van der Waals surface area contributed by atoms with Crippen LogP contribution in [0.2, 0.25) is 10.0 Å². The number of methoxy groups -OCH3 is 1. The third-order valence-corrected chi connectivity index (χ3v) is 6.18. The normalized spacial score (nSPS) is 19.5. The summed E-state index contributed by atoms with van der Waals surface area (Å²) >= 11 is 11.9. The lowest BCUT2D eigenvalue weighted by Gasteiger charge is -2.36. The number of ether oxygens (including phenoxy) is 2. The zero-order valence-electron chi connectivity index (χ0n) is 15.1. The van der Waals surface area contributed by atoms with Gasteiger partial charge in [0.25, 0.3) is 10.0 Å². The molecule has 0 aromatic heterocycles. The molecular formula is C18H20Cl2N2O4S. The number of nitrogens with zero attached hydrogens (tertiary/aromatic N) is 1. The van der Waals surface area contributed by atoms with Crippen LogP contribution in [0.3, 0.4) is 0 Å². The lowest BCUT2D eigenvalue weighted by atomic mass is 10.0. The van der Waals surface area contributed by atoms with Gasteiger partial charge < -0.3 is 14.4 Å². The molecule has 0 fully saturated rings. The van der Waals surface area contributed by atoms with Crippen molar-refractivity contribution >= 4 is 38.9 Å². The highest BCUT2D eigenvalue weighted by Crippen LogP contribution is 2.36. The molecule has 0 amide bonds. The van der Waals surface area contributed by atoms with E-state index in [1.54, 1.807) is 6.07 Å². The van der Waals surface area contributed by atoms with E-state index in [0.717, 1.165) is 5.56 Å². The van der Waals surface area contributed by atoms with Crippen LogP contribution < -0.4 is 9.46 Å². The summed E-state index contributed by atoms with van der Waals surface area (Å²) in [6.45, 7) is 0. The zero-order chi connectivity index (χ0) is 19.8. The number of likely N-dealkylation sites (N-methyl/N-ethyl adjacent to an activating group) is 1. The molecule has 2 atom stereocenters. The van der Waals surface area contributed by atoms with Crippen LogP contribution in [0.1, 0.15) is 5.56 Å². The Morgan fingerprint density at radius 2 is 1.85 bits per heavy atom. The number of hydrogen-bond donors (Lipinski definition) is 1. The smallest absolute Gasteiger partial charge is 0.265 e. The lowest BCUT2D eigenvalue weighted by Crippen LogP contribution is -2.47. The first-order valence-corrected chi connectivity index (χ1v) is 10.4. The molecule has 0 saturated heterocycles. The summed E-state index contributed by atoms with van der Waals surface area (Å²) in [5.41, 5.74) is 1.07. The molecule has 1 heterocycles. The van der Waals surface area contributed by atoms with Crippen molar-refractivity contribution in [2.24, 2.45) is 0 Å². The van der Waals surface area contributed by atoms with Gasteiger partial charge >= 0.3 is 0 Å². The van der Waals surface area contributed by atoms with E-state index in [9.17, 15) is 8.42 Å². The standard InChI is InChI=1S/C18H20Cl2N2O4S/c1-22(2)15-7-11-5-4-6-16(17(11)26-18(15)25-3)27(23,24)21-14-9-12(19)8-13(20)10-14/h4-6,8-10,15,18,21H,7H2,1-3H3/t15-,18?/m1/s1. The molecule has 0 bridgehead atoms. The quantitative estimate of drug-likeness (QED) is 0.783. The Morgan fingerprint density at radius 3 is 2.44 bits per heavy atom. The van der Waals surface area contributed by atoms with Gasteiger partial charge in [0.15, 0.2) is 0 Å². The van der Waals surface area contributed by atoms with Crippen LogP contribution >= 0.6 is 23.2 Å². The third-order valence-electron chi connectivity index (χ3n) is 4.34. The van der Waals surface area contributed by atoms with Crippen molar-refractivity contribution in [3.05, 3.63) is 52.0 Å². The molecule has 3 rings (SSSR count). The van der Waals surface area contributed by atoms with Crippen LogP contribution in [0, 0.1) is 0 Å². The average Bonchev–Trinajstić information content (AvgIpc) is 2.58. The molecule has 0 spiro atoms. The molecule has 0 saturated carbocycles. The number of hydrogen-bond acceptors (Lipinski definition) is 5. The van der Waals surface area contributed by atoms with E-state index >= 15 is 0 Å². The summed E-state index contributed by atoms with van der Waals surface area (Å²) in [5, 5.41) is 0.666. The van der Waals surface area contributed by atoms with Gasteiger partial charge in [-0.25, -0.2) is 8.42 Å². The third kappa shape index (κ3) is 4.33. The maximum Gasteiger partial charge on any atom is 0.265 e. The van der Waals surface area contributed by atoms with Crippen molar-refractivity contribution in [2.75, 3.05) is 25.9 Å². The highest BCUT2D eigenvalue weighted by atomic mass is 35.5. The van der Waals surface area contributed by atoms with Crippen molar-refractivity contribution < 1.29 is 17.9 Å². The minimum atomic E-state index is -3.92. The number of anilines is 1. The molecule has 9 heteroatoms. The minimum absolute atomic E-state index is 0.0276. The molecule has 146 valence electrons. The largest absolute Gasteiger partial charge is 0.461 e. The zero-order valence-corrected chi connectivity index (χ0v) is 17.4. The molecule has 1 aliphatic heterocycles. The number of rotatable bonds is 5. The number of nitrogens with one attached hydrogen (secondary N) is 1. The molecule has 2 aromatic carbocycles. The van der Waals surface area contributed by atoms with E-state index in [1.165, 1.54) is 31.4 Å². The average molecular weight is 431 g/mol. The number of sulfonamides is 1. The Balaban J connectivity index is 1.99. The van der Waals surface area contributed by atoms with Gasteiger partial charge in [0, 0.05) is 17.2 Å². The summed E-state index contributed by atoms with van der Waals surface area (Å²) in [6, 6.07) is 9.52. The molecule has 27 heavy (non-hydrogen) atoms. The van der Waals surface area contributed by atoms with Crippen molar-refractivity contribution in [3.63, 3.8) is 0 Å². The van der Waals surface area contributed by atoms with E-state index in [0.29, 0.717) is 22.2 Å². The molecule has 0 radical (unpaired) electrons. The number of para-hydroxylation sites is 1. The Bertz CT molecular complexity index is 930. The van der Waals surface area contributed by atoms with Crippen molar-refractivity contribution in [2.45, 2.75) is 23.6 Å². The van der Waals surface area contributed by atoms with Crippen LogP contribution in [0.25, 0.3) is 0 Å². The summed E-state index contributed by atoms with van der Waals surface area (Å²) in [6.07, 6.45) is 0.0252. The minimum Gasteiger partial charge on any atom is -0.461 e. The summed E-state index contributed by atoms with van der Waals surface area (Å²) in [4.78, 5) is 2.03. The molecule has 1 N–H and O–H groups in total. The van der Waals surface area contributed by atoms with Gasteiger partial charge in [-0.2, -0.15) is 0 Å². The predicted molar refractivity (Wildman–Crippen MR) is 106 cm³/mol.